The van der Waals surface area contributed by atoms with Crippen molar-refractivity contribution in [3.8, 4) is 0 Å². The summed E-state index contributed by atoms with van der Waals surface area (Å²) in [5.74, 6) is 0. The molecule has 0 saturated carbocycles. The number of hydrogen-bond acceptors (Lipinski definition) is 0. The van der Waals surface area contributed by atoms with E-state index in [1.54, 1.807) is 0 Å². The number of pyridine rings is 2. The first-order chi connectivity index (χ1) is 10.0. The molecular formula is C10H12F10N2S2. The summed E-state index contributed by atoms with van der Waals surface area (Å²) in [4.78, 5) is 5.78. The summed E-state index contributed by atoms with van der Waals surface area (Å²) in [5, 5.41) is 0. The van der Waals surface area contributed by atoms with E-state index in [1.807, 2.05) is 61.2 Å². The van der Waals surface area contributed by atoms with E-state index in [2.05, 4.69) is 9.97 Å². The first kappa shape index (κ1) is 30.2. The van der Waals surface area contributed by atoms with Crippen LogP contribution in [0.1, 0.15) is 0 Å². The lowest BCUT2D eigenvalue weighted by Crippen LogP contribution is -3.00. The second-order valence-corrected chi connectivity index (χ2v) is 4.25. The lowest BCUT2D eigenvalue weighted by atomic mass is 10.5. The molecule has 144 valence electrons. The van der Waals surface area contributed by atoms with E-state index in [4.69, 9.17) is 0 Å². The Morgan fingerprint density at radius 2 is 0.583 bits per heavy atom. The zero-order valence-corrected chi connectivity index (χ0v) is 13.0. The average Bonchev–Trinajstić information content (AvgIpc) is 2.40. The van der Waals surface area contributed by atoms with Crippen molar-refractivity contribution in [3.63, 3.8) is 0 Å². The van der Waals surface area contributed by atoms with Crippen LogP contribution in [0, 0.1) is 0 Å². The Labute approximate surface area is 135 Å². The van der Waals surface area contributed by atoms with E-state index in [1.165, 1.54) is 0 Å². The van der Waals surface area contributed by atoms with Crippen molar-refractivity contribution in [2.45, 2.75) is 0 Å². The van der Waals surface area contributed by atoms with Crippen LogP contribution < -0.4 is 19.4 Å². The van der Waals surface area contributed by atoms with E-state index >= 15 is 0 Å². The van der Waals surface area contributed by atoms with Gasteiger partial charge in [0.25, 0.3) is 0 Å². The largest absolute Gasteiger partial charge is 1.00 e. The molecule has 0 bridgehead atoms. The fraction of sp³-hybridized carbons (Fsp3) is 0. The maximum absolute atomic E-state index is 9.77. The summed E-state index contributed by atoms with van der Waals surface area (Å²) in [6.07, 6.45) is 7.50. The van der Waals surface area contributed by atoms with Gasteiger partial charge < -0.3 is 9.41 Å². The molecule has 2 aromatic rings. The van der Waals surface area contributed by atoms with Gasteiger partial charge in [0.1, 0.15) is 0 Å². The summed E-state index contributed by atoms with van der Waals surface area (Å²) in [6, 6.07) is 11.7. The minimum atomic E-state index is -6.17. The Morgan fingerprint density at radius 1 is 0.417 bits per heavy atom. The molecule has 0 saturated heterocycles. The zero-order valence-electron chi connectivity index (χ0n) is 11.4. The maximum atomic E-state index is 9.77. The van der Waals surface area contributed by atoms with Crippen molar-refractivity contribution >= 4 is 23.1 Å². The number of nitrogens with one attached hydrogen (secondary N) is 2. The molecule has 2 aromatic heterocycles. The van der Waals surface area contributed by atoms with Crippen molar-refractivity contribution in [2.75, 3.05) is 0 Å². The molecule has 24 heavy (non-hydrogen) atoms. The third-order valence-corrected chi connectivity index (χ3v) is 1.21. The SMILES string of the molecule is FS(F)(F)F.FS(F)(F)F.[F-].[F-].c1cc[nH+]cc1.c1cc[nH+]cc1. The fourth-order valence-corrected chi connectivity index (χ4v) is 0.684. The average molecular weight is 414 g/mol. The smallest absolute Gasteiger partial charge is 0.379 e. The Balaban J connectivity index is -0.000000109. The Bertz CT molecular complexity index is 332. The van der Waals surface area contributed by atoms with Gasteiger partial charge in [-0.05, 0) is 0 Å². The lowest BCUT2D eigenvalue weighted by Gasteiger charge is -1.87. The zero-order chi connectivity index (χ0) is 17.5. The third-order valence-electron chi connectivity index (χ3n) is 1.21. The molecule has 0 amide bonds. The van der Waals surface area contributed by atoms with Gasteiger partial charge in [0.2, 0.25) is 0 Å². The minimum Gasteiger partial charge on any atom is -1.00 e. The molecule has 0 radical (unpaired) electrons. The second kappa shape index (κ2) is 17.7. The number of rotatable bonds is 0. The Hall–Kier alpha value is -1.70. The summed E-state index contributed by atoms with van der Waals surface area (Å²) in [7, 11) is 0. The molecule has 2 N–H and O–H groups in total. The van der Waals surface area contributed by atoms with E-state index in [-0.39, 0.29) is 9.41 Å². The minimum absolute atomic E-state index is 0. The number of aromatic amines is 2. The van der Waals surface area contributed by atoms with E-state index in [0.717, 1.165) is 0 Å². The van der Waals surface area contributed by atoms with Gasteiger partial charge >= 0.3 is 23.1 Å². The molecule has 2 heterocycles. The van der Waals surface area contributed by atoms with Crippen LogP contribution in [0.15, 0.2) is 61.2 Å². The molecule has 14 heteroatoms. The predicted molar refractivity (Wildman–Crippen MR) is 70.0 cm³/mol. The van der Waals surface area contributed by atoms with Crippen LogP contribution in [-0.2, 0) is 0 Å². The topological polar surface area (TPSA) is 28.3 Å². The monoisotopic (exact) mass is 414 g/mol. The molecule has 0 fully saturated rings. The highest BCUT2D eigenvalue weighted by atomic mass is 32.4. The standard InChI is InChI=1S/2C5H5N.2F4S.2FH/c2*1-2-4-6-5-3-1;2*1-5(2,3)4;;/h2*1-5H;;;2*1H. The van der Waals surface area contributed by atoms with Crippen LogP contribution in [0.25, 0.3) is 0 Å². The number of aromatic nitrogens is 2. The molecule has 0 atom stereocenters. The summed E-state index contributed by atoms with van der Waals surface area (Å²) < 4.78 is 78.2. The maximum Gasteiger partial charge on any atom is 0.379 e. The van der Waals surface area contributed by atoms with Gasteiger partial charge in [-0.2, -0.15) is 0 Å². The third kappa shape index (κ3) is 71.3. The summed E-state index contributed by atoms with van der Waals surface area (Å²) >= 11 is -12.3. The van der Waals surface area contributed by atoms with Crippen molar-refractivity contribution in [1.82, 2.24) is 0 Å². The number of H-pyrrole nitrogens is 2. The molecular weight excluding hydrogens is 402 g/mol. The fourth-order valence-electron chi connectivity index (χ4n) is 0.684. The van der Waals surface area contributed by atoms with Crippen molar-refractivity contribution < 1.29 is 50.5 Å². The van der Waals surface area contributed by atoms with Crippen molar-refractivity contribution in [3.05, 3.63) is 61.2 Å². The molecule has 0 aliphatic heterocycles. The van der Waals surface area contributed by atoms with E-state index in [9.17, 15) is 31.1 Å². The van der Waals surface area contributed by atoms with Gasteiger partial charge in [0.15, 0.2) is 24.8 Å². The van der Waals surface area contributed by atoms with Gasteiger partial charge in [0.05, 0.1) is 0 Å². The molecule has 0 unspecified atom stereocenters. The van der Waals surface area contributed by atoms with Crippen LogP contribution in [0.4, 0.5) is 31.1 Å². The summed E-state index contributed by atoms with van der Waals surface area (Å²) in [5.41, 5.74) is 0. The number of halogens is 10. The molecule has 0 aromatic carbocycles. The molecule has 0 spiro atoms. The van der Waals surface area contributed by atoms with Crippen LogP contribution >= 0.6 is 23.1 Å². The Morgan fingerprint density at radius 3 is 0.625 bits per heavy atom. The Kier molecular flexibility index (Phi) is 22.2. The molecule has 2 rings (SSSR count). The van der Waals surface area contributed by atoms with Crippen molar-refractivity contribution in [2.24, 2.45) is 0 Å². The van der Waals surface area contributed by atoms with Crippen molar-refractivity contribution in [1.29, 1.82) is 0 Å². The normalized spacial score (nSPS) is 10.3. The second-order valence-electron chi connectivity index (χ2n) is 2.85. The van der Waals surface area contributed by atoms with Crippen LogP contribution in [0.5, 0.6) is 0 Å². The first-order valence-electron chi connectivity index (χ1n) is 5.06. The van der Waals surface area contributed by atoms with Gasteiger partial charge in [-0.25, -0.2) is 9.97 Å². The van der Waals surface area contributed by atoms with Gasteiger partial charge in [-0.1, -0.05) is 43.2 Å². The molecule has 2 nitrogen and oxygen atoms in total. The van der Waals surface area contributed by atoms with Gasteiger partial charge in [0, 0.05) is 24.3 Å². The van der Waals surface area contributed by atoms with Crippen LogP contribution in [-0.4, -0.2) is 0 Å². The van der Waals surface area contributed by atoms with Gasteiger partial charge in [-0.15, -0.1) is 0 Å². The highest BCUT2D eigenvalue weighted by Crippen LogP contribution is 2.54. The highest BCUT2D eigenvalue weighted by Gasteiger charge is 2.16. The van der Waals surface area contributed by atoms with E-state index < -0.39 is 23.1 Å². The van der Waals surface area contributed by atoms with Crippen LogP contribution in [0.3, 0.4) is 0 Å². The quantitative estimate of drug-likeness (QED) is 0.529. The number of hydrogen-bond donors (Lipinski definition) is 0. The molecule has 0 aliphatic carbocycles. The first-order valence-corrected chi connectivity index (χ1v) is 7.52. The molecule has 0 aliphatic rings. The lowest BCUT2D eigenvalue weighted by molar-refractivity contribution is -0.378. The highest BCUT2D eigenvalue weighted by molar-refractivity contribution is 8.16. The predicted octanol–water partition coefficient (Wildman–Crippen LogP) is -0.333. The summed E-state index contributed by atoms with van der Waals surface area (Å²) in [6.45, 7) is 0. The van der Waals surface area contributed by atoms with E-state index in [0.29, 0.717) is 0 Å². The van der Waals surface area contributed by atoms with Gasteiger partial charge in [-0.3, -0.25) is 0 Å². The van der Waals surface area contributed by atoms with Crippen LogP contribution in [0.2, 0.25) is 0 Å².